The van der Waals surface area contributed by atoms with Crippen LogP contribution < -0.4 is 4.74 Å². The molecule has 0 saturated heterocycles. The van der Waals surface area contributed by atoms with Crippen LogP contribution in [0.25, 0.3) is 0 Å². The molecule has 0 unspecified atom stereocenters. The van der Waals surface area contributed by atoms with Gasteiger partial charge in [0.25, 0.3) is 11.8 Å². The number of aldehydes is 1. The third kappa shape index (κ3) is 2.94. The number of nitrogens with zero attached hydrogens (tertiary/aromatic N) is 1. The van der Waals surface area contributed by atoms with Gasteiger partial charge in [0.1, 0.15) is 11.8 Å². The first-order valence-electron chi connectivity index (χ1n) is 7.65. The Kier molecular flexibility index (Phi) is 4.43. The number of carbonyl (C=O) groups is 4. The first-order valence-corrected chi connectivity index (χ1v) is 7.65. The van der Waals surface area contributed by atoms with Crippen LogP contribution in [0.15, 0.2) is 48.5 Å². The van der Waals surface area contributed by atoms with Gasteiger partial charge >= 0.3 is 0 Å². The topological polar surface area (TPSA) is 80.8 Å². The van der Waals surface area contributed by atoms with Crippen LogP contribution in [-0.2, 0) is 16.0 Å². The molecule has 0 aromatic heterocycles. The van der Waals surface area contributed by atoms with Crippen LogP contribution in [0, 0.1) is 0 Å². The molecule has 126 valence electrons. The fourth-order valence-corrected chi connectivity index (χ4v) is 2.87. The van der Waals surface area contributed by atoms with Crippen LogP contribution in [-0.4, -0.2) is 41.9 Å². The van der Waals surface area contributed by atoms with Crippen molar-refractivity contribution in [2.75, 3.05) is 7.11 Å². The highest BCUT2D eigenvalue weighted by Gasteiger charge is 2.42. The number of ketones is 1. The Balaban J connectivity index is 1.94. The number of benzene rings is 2. The normalized spacial score (nSPS) is 14.2. The molecule has 25 heavy (non-hydrogen) atoms. The highest BCUT2D eigenvalue weighted by molar-refractivity contribution is 6.31. The van der Waals surface area contributed by atoms with Crippen LogP contribution in [0.5, 0.6) is 5.75 Å². The molecule has 2 aromatic rings. The van der Waals surface area contributed by atoms with E-state index in [0.29, 0.717) is 11.3 Å². The summed E-state index contributed by atoms with van der Waals surface area (Å²) in [4.78, 5) is 49.2. The van der Waals surface area contributed by atoms with E-state index in [-0.39, 0.29) is 23.8 Å². The van der Waals surface area contributed by atoms with Gasteiger partial charge in [-0.15, -0.1) is 0 Å². The average molecular weight is 337 g/mol. The van der Waals surface area contributed by atoms with Crippen LogP contribution in [0.4, 0.5) is 0 Å². The highest BCUT2D eigenvalue weighted by atomic mass is 16.5. The maximum absolute atomic E-state index is 12.6. The Morgan fingerprint density at radius 2 is 1.60 bits per heavy atom. The number of imide groups is 1. The molecule has 0 saturated carbocycles. The number of methoxy groups -OCH3 is 1. The number of fused-ring (bicyclic) bond motifs is 1. The van der Waals surface area contributed by atoms with Gasteiger partial charge in [-0.05, 0) is 29.8 Å². The monoisotopic (exact) mass is 337 g/mol. The molecule has 2 aromatic carbocycles. The highest BCUT2D eigenvalue weighted by Crippen LogP contribution is 2.26. The fraction of sp³-hybridized carbons (Fsp3) is 0.158. The summed E-state index contributed by atoms with van der Waals surface area (Å²) < 4.78 is 5.08. The van der Waals surface area contributed by atoms with E-state index in [2.05, 4.69) is 0 Å². The molecular weight excluding hydrogens is 322 g/mol. The summed E-state index contributed by atoms with van der Waals surface area (Å²) in [5.74, 6) is -1.29. The third-order valence-electron chi connectivity index (χ3n) is 4.17. The number of amides is 2. The number of hydrogen-bond donors (Lipinski definition) is 0. The van der Waals surface area contributed by atoms with Gasteiger partial charge in [0.2, 0.25) is 5.78 Å². The lowest BCUT2D eigenvalue weighted by atomic mass is 10.0. The Morgan fingerprint density at radius 1 is 1.04 bits per heavy atom. The smallest absolute Gasteiger partial charge is 0.262 e. The van der Waals surface area contributed by atoms with Gasteiger partial charge in [-0.1, -0.05) is 24.3 Å². The summed E-state index contributed by atoms with van der Waals surface area (Å²) in [6.45, 7) is 0. The largest absolute Gasteiger partial charge is 0.497 e. The predicted molar refractivity (Wildman–Crippen MR) is 88.5 cm³/mol. The second kappa shape index (κ2) is 6.68. The second-order valence-electron chi connectivity index (χ2n) is 5.61. The van der Waals surface area contributed by atoms with Crippen LogP contribution in [0.3, 0.4) is 0 Å². The second-order valence-corrected chi connectivity index (χ2v) is 5.61. The van der Waals surface area contributed by atoms with Crippen molar-refractivity contribution in [2.45, 2.75) is 12.5 Å². The van der Waals surface area contributed by atoms with Gasteiger partial charge in [0, 0.05) is 6.42 Å². The standard InChI is InChI=1S/C19H15NO5/c1-25-13-8-6-12(7-9-13)10-16(17(22)11-21)20-18(23)14-4-2-3-5-15(14)19(20)24/h2-9,11,16H,10H2,1H3/t16-/m0/s1. The summed E-state index contributed by atoms with van der Waals surface area (Å²) in [5.41, 5.74) is 1.19. The van der Waals surface area contributed by atoms with Crippen molar-refractivity contribution in [3.05, 3.63) is 65.2 Å². The van der Waals surface area contributed by atoms with E-state index < -0.39 is 23.6 Å². The zero-order valence-corrected chi connectivity index (χ0v) is 13.5. The van der Waals surface area contributed by atoms with Crippen LogP contribution >= 0.6 is 0 Å². The molecule has 1 aliphatic heterocycles. The third-order valence-corrected chi connectivity index (χ3v) is 4.17. The van der Waals surface area contributed by atoms with Gasteiger partial charge in [0.15, 0.2) is 6.29 Å². The Morgan fingerprint density at radius 3 is 2.08 bits per heavy atom. The van der Waals surface area contributed by atoms with E-state index in [1.165, 1.54) is 19.2 Å². The van der Waals surface area contributed by atoms with Crippen molar-refractivity contribution in [1.82, 2.24) is 4.90 Å². The molecule has 1 aliphatic rings. The zero-order valence-electron chi connectivity index (χ0n) is 13.5. The minimum absolute atomic E-state index is 0.0625. The number of Topliss-reactive ketones (excluding diaryl/α,β-unsaturated/α-hetero) is 1. The van der Waals surface area contributed by atoms with Gasteiger partial charge in [-0.3, -0.25) is 24.1 Å². The van der Waals surface area contributed by atoms with E-state index in [9.17, 15) is 19.2 Å². The lowest BCUT2D eigenvalue weighted by molar-refractivity contribution is -0.132. The van der Waals surface area contributed by atoms with Gasteiger partial charge in [-0.25, -0.2) is 0 Å². The van der Waals surface area contributed by atoms with Crippen molar-refractivity contribution >= 4 is 23.9 Å². The van der Waals surface area contributed by atoms with Crippen LogP contribution in [0.1, 0.15) is 26.3 Å². The van der Waals surface area contributed by atoms with Crippen LogP contribution in [0.2, 0.25) is 0 Å². The number of ether oxygens (including phenoxy) is 1. The fourth-order valence-electron chi connectivity index (χ4n) is 2.87. The summed E-state index contributed by atoms with van der Waals surface area (Å²) in [7, 11) is 1.53. The number of carbonyl (C=O) groups excluding carboxylic acids is 4. The van der Waals surface area contributed by atoms with Gasteiger partial charge in [-0.2, -0.15) is 0 Å². The minimum Gasteiger partial charge on any atom is -0.497 e. The quantitative estimate of drug-likeness (QED) is 0.455. The molecule has 1 heterocycles. The molecule has 0 aliphatic carbocycles. The molecule has 3 rings (SSSR count). The first kappa shape index (κ1) is 16.6. The Bertz CT molecular complexity index is 821. The van der Waals surface area contributed by atoms with Crippen molar-refractivity contribution in [1.29, 1.82) is 0 Å². The van der Waals surface area contributed by atoms with E-state index in [4.69, 9.17) is 4.74 Å². The van der Waals surface area contributed by atoms with Crippen molar-refractivity contribution in [3.63, 3.8) is 0 Å². The van der Waals surface area contributed by atoms with E-state index >= 15 is 0 Å². The SMILES string of the molecule is COc1ccc(C[C@@H](C(=O)C=O)N2C(=O)c3ccccc3C2=O)cc1. The average Bonchev–Trinajstić information content (AvgIpc) is 2.91. The van der Waals surface area contributed by atoms with Crippen molar-refractivity contribution in [2.24, 2.45) is 0 Å². The first-order chi connectivity index (χ1) is 12.1. The molecule has 2 amide bonds. The summed E-state index contributed by atoms with van der Waals surface area (Å²) >= 11 is 0. The lowest BCUT2D eigenvalue weighted by Crippen LogP contribution is -2.46. The lowest BCUT2D eigenvalue weighted by Gasteiger charge is -2.23. The maximum Gasteiger partial charge on any atom is 0.262 e. The number of hydrogen-bond acceptors (Lipinski definition) is 5. The van der Waals surface area contributed by atoms with E-state index in [1.807, 2.05) is 0 Å². The van der Waals surface area contributed by atoms with E-state index in [0.717, 1.165) is 4.90 Å². The van der Waals surface area contributed by atoms with Crippen molar-refractivity contribution < 1.29 is 23.9 Å². The Labute approximate surface area is 144 Å². The summed E-state index contributed by atoms with van der Waals surface area (Å²) in [6, 6.07) is 12.1. The molecule has 0 radical (unpaired) electrons. The van der Waals surface area contributed by atoms with E-state index in [1.54, 1.807) is 36.4 Å². The number of rotatable bonds is 6. The molecule has 6 heteroatoms. The van der Waals surface area contributed by atoms with Gasteiger partial charge < -0.3 is 4.74 Å². The predicted octanol–water partition coefficient (Wildman–Crippen LogP) is 1.67. The molecular formula is C19H15NO5. The molecule has 0 fully saturated rings. The Hall–Kier alpha value is -3.28. The maximum atomic E-state index is 12.6. The van der Waals surface area contributed by atoms with Gasteiger partial charge in [0.05, 0.1) is 18.2 Å². The molecule has 1 atom stereocenters. The zero-order chi connectivity index (χ0) is 18.0. The molecule has 0 N–H and O–H groups in total. The molecule has 0 spiro atoms. The molecule has 6 nitrogen and oxygen atoms in total. The minimum atomic E-state index is -1.17. The summed E-state index contributed by atoms with van der Waals surface area (Å²) in [6.07, 6.45) is 0.213. The van der Waals surface area contributed by atoms with Crippen molar-refractivity contribution in [3.8, 4) is 5.75 Å². The molecule has 0 bridgehead atoms. The summed E-state index contributed by atoms with van der Waals surface area (Å²) in [5, 5.41) is 0.